The van der Waals surface area contributed by atoms with E-state index in [1.54, 1.807) is 18.2 Å². The summed E-state index contributed by atoms with van der Waals surface area (Å²) in [6.45, 7) is 3.78. The van der Waals surface area contributed by atoms with Gasteiger partial charge in [0.15, 0.2) is 0 Å². The smallest absolute Gasteiger partial charge is 0.258 e. The molecule has 2 fully saturated rings. The average Bonchev–Trinajstić information content (AvgIpc) is 2.80. The Morgan fingerprint density at radius 3 is 2.32 bits per heavy atom. The lowest BCUT2D eigenvalue weighted by Crippen LogP contribution is -2.40. The van der Waals surface area contributed by atoms with E-state index in [0.717, 1.165) is 30.9 Å². The predicted molar refractivity (Wildman–Crippen MR) is 113 cm³/mol. The molecule has 0 atom stereocenters. The van der Waals surface area contributed by atoms with Gasteiger partial charge in [-0.3, -0.25) is 4.79 Å². The normalized spacial score (nSPS) is 18.0. The molecule has 2 aromatic carbocycles. The summed E-state index contributed by atoms with van der Waals surface area (Å²) in [5.74, 6) is -1.50. The van der Waals surface area contributed by atoms with Crippen LogP contribution in [-0.2, 0) is 19.5 Å². The summed E-state index contributed by atoms with van der Waals surface area (Å²) in [7, 11) is -3.84. The Balaban J connectivity index is 1.54. The first-order valence-electron chi connectivity index (χ1n) is 10.1. The fourth-order valence-corrected chi connectivity index (χ4v) is 5.01. The molecule has 2 aliphatic rings. The van der Waals surface area contributed by atoms with Crippen molar-refractivity contribution in [3.05, 3.63) is 53.8 Å². The first kappa shape index (κ1) is 21.7. The second-order valence-corrected chi connectivity index (χ2v) is 9.20. The SMILES string of the molecule is O=C(Nc1cccc(N2CCOCC2)c1)c1cc(S(=O)(=O)N2CCOCC2)ccc1F. The molecule has 4 rings (SSSR count). The molecule has 2 aliphatic heterocycles. The van der Waals surface area contributed by atoms with Crippen LogP contribution in [-0.4, -0.2) is 71.2 Å². The van der Waals surface area contributed by atoms with Crippen molar-refractivity contribution >= 4 is 27.3 Å². The number of amides is 1. The number of anilines is 2. The standard InChI is InChI=1S/C21H24FN3O5S/c22-20-5-4-18(31(27,28)25-8-12-30-13-9-25)15-19(20)21(26)23-16-2-1-3-17(14-16)24-6-10-29-11-7-24/h1-5,14-15H,6-13H2,(H,23,26). The quantitative estimate of drug-likeness (QED) is 0.751. The zero-order valence-corrected chi connectivity index (χ0v) is 17.7. The second kappa shape index (κ2) is 9.31. The molecule has 0 bridgehead atoms. The minimum Gasteiger partial charge on any atom is -0.379 e. The van der Waals surface area contributed by atoms with E-state index in [1.165, 1.54) is 10.4 Å². The Kier molecular flexibility index (Phi) is 6.51. The van der Waals surface area contributed by atoms with Crippen molar-refractivity contribution in [3.63, 3.8) is 0 Å². The second-order valence-electron chi connectivity index (χ2n) is 7.26. The summed E-state index contributed by atoms with van der Waals surface area (Å²) in [4.78, 5) is 14.8. The van der Waals surface area contributed by atoms with Crippen molar-refractivity contribution in [1.29, 1.82) is 0 Å². The van der Waals surface area contributed by atoms with Crippen LogP contribution in [0.3, 0.4) is 0 Å². The Hall–Kier alpha value is -2.53. The topological polar surface area (TPSA) is 88.2 Å². The van der Waals surface area contributed by atoms with Crippen molar-refractivity contribution in [3.8, 4) is 0 Å². The molecule has 0 aliphatic carbocycles. The zero-order valence-electron chi connectivity index (χ0n) is 16.9. The maximum atomic E-state index is 14.4. The third-order valence-corrected chi connectivity index (χ3v) is 7.17. The highest BCUT2D eigenvalue weighted by molar-refractivity contribution is 7.89. The number of nitrogens with one attached hydrogen (secondary N) is 1. The lowest BCUT2D eigenvalue weighted by Gasteiger charge is -2.29. The molecule has 1 N–H and O–H groups in total. The average molecular weight is 450 g/mol. The zero-order chi connectivity index (χ0) is 21.8. The van der Waals surface area contributed by atoms with E-state index in [4.69, 9.17) is 9.47 Å². The van der Waals surface area contributed by atoms with Gasteiger partial charge in [-0.1, -0.05) is 6.07 Å². The summed E-state index contributed by atoms with van der Waals surface area (Å²) >= 11 is 0. The van der Waals surface area contributed by atoms with E-state index in [0.29, 0.717) is 32.1 Å². The Morgan fingerprint density at radius 2 is 1.61 bits per heavy atom. The summed E-state index contributed by atoms with van der Waals surface area (Å²) < 4.78 is 51.9. The maximum Gasteiger partial charge on any atom is 0.258 e. The number of morpholine rings is 2. The van der Waals surface area contributed by atoms with Crippen LogP contribution in [0.5, 0.6) is 0 Å². The third-order valence-electron chi connectivity index (χ3n) is 5.27. The summed E-state index contributed by atoms with van der Waals surface area (Å²) in [5.41, 5.74) is 1.09. The minimum atomic E-state index is -3.84. The number of carbonyl (C=O) groups excluding carboxylic acids is 1. The molecule has 0 radical (unpaired) electrons. The van der Waals surface area contributed by atoms with Crippen molar-refractivity contribution in [2.24, 2.45) is 0 Å². The molecule has 10 heteroatoms. The Bertz CT molecular complexity index is 1050. The van der Waals surface area contributed by atoms with Crippen LogP contribution in [0.1, 0.15) is 10.4 Å². The molecule has 2 heterocycles. The molecule has 1 amide bonds. The van der Waals surface area contributed by atoms with Gasteiger partial charge in [0.25, 0.3) is 5.91 Å². The van der Waals surface area contributed by atoms with E-state index < -0.39 is 21.7 Å². The van der Waals surface area contributed by atoms with E-state index in [1.807, 2.05) is 6.07 Å². The van der Waals surface area contributed by atoms with Crippen molar-refractivity contribution in [2.75, 3.05) is 62.8 Å². The highest BCUT2D eigenvalue weighted by Gasteiger charge is 2.28. The van der Waals surface area contributed by atoms with Crippen molar-refractivity contribution < 1.29 is 27.1 Å². The summed E-state index contributed by atoms with van der Waals surface area (Å²) in [5, 5.41) is 2.67. The first-order chi connectivity index (χ1) is 14.9. The van der Waals surface area contributed by atoms with E-state index in [2.05, 4.69) is 10.2 Å². The Morgan fingerprint density at radius 1 is 0.935 bits per heavy atom. The van der Waals surface area contributed by atoms with Crippen LogP contribution in [0.15, 0.2) is 47.4 Å². The molecule has 0 unspecified atom stereocenters. The van der Waals surface area contributed by atoms with Crippen LogP contribution in [0.4, 0.5) is 15.8 Å². The van der Waals surface area contributed by atoms with Crippen molar-refractivity contribution in [2.45, 2.75) is 4.90 Å². The van der Waals surface area contributed by atoms with E-state index in [9.17, 15) is 17.6 Å². The molecule has 8 nitrogen and oxygen atoms in total. The van der Waals surface area contributed by atoms with Crippen LogP contribution in [0.25, 0.3) is 0 Å². The largest absolute Gasteiger partial charge is 0.379 e. The summed E-state index contributed by atoms with van der Waals surface area (Å²) in [6.07, 6.45) is 0. The van der Waals surface area contributed by atoms with Crippen LogP contribution < -0.4 is 10.2 Å². The van der Waals surface area contributed by atoms with Gasteiger partial charge >= 0.3 is 0 Å². The molecular weight excluding hydrogens is 425 g/mol. The van der Waals surface area contributed by atoms with Gasteiger partial charge in [-0.25, -0.2) is 12.8 Å². The monoisotopic (exact) mass is 449 g/mol. The lowest BCUT2D eigenvalue weighted by atomic mass is 10.2. The van der Waals surface area contributed by atoms with Gasteiger partial charge in [0.05, 0.1) is 36.9 Å². The van der Waals surface area contributed by atoms with Gasteiger partial charge in [-0.2, -0.15) is 4.31 Å². The van der Waals surface area contributed by atoms with E-state index >= 15 is 0 Å². The van der Waals surface area contributed by atoms with Gasteiger partial charge in [0.2, 0.25) is 10.0 Å². The number of halogens is 1. The Labute approximate surface area is 180 Å². The van der Waals surface area contributed by atoms with Crippen molar-refractivity contribution in [1.82, 2.24) is 4.31 Å². The highest BCUT2D eigenvalue weighted by Crippen LogP contribution is 2.23. The fraction of sp³-hybridized carbons (Fsp3) is 0.381. The van der Waals surface area contributed by atoms with Crippen LogP contribution >= 0.6 is 0 Å². The van der Waals surface area contributed by atoms with Gasteiger partial charge in [0.1, 0.15) is 5.82 Å². The number of benzene rings is 2. The molecule has 2 aromatic rings. The molecule has 166 valence electrons. The van der Waals surface area contributed by atoms with Crippen LogP contribution in [0, 0.1) is 5.82 Å². The predicted octanol–water partition coefficient (Wildman–Crippen LogP) is 1.94. The lowest BCUT2D eigenvalue weighted by molar-refractivity contribution is 0.0730. The number of ether oxygens (including phenoxy) is 2. The number of rotatable bonds is 5. The number of sulfonamides is 1. The number of hydrogen-bond donors (Lipinski definition) is 1. The number of hydrogen-bond acceptors (Lipinski definition) is 6. The molecular formula is C21H24FN3O5S. The number of nitrogens with zero attached hydrogens (tertiary/aromatic N) is 2. The van der Waals surface area contributed by atoms with Gasteiger partial charge < -0.3 is 19.7 Å². The molecule has 0 spiro atoms. The summed E-state index contributed by atoms with van der Waals surface area (Å²) in [6, 6.07) is 10.5. The minimum absolute atomic E-state index is 0.122. The molecule has 0 saturated carbocycles. The van der Waals surface area contributed by atoms with Crippen LogP contribution in [0.2, 0.25) is 0 Å². The number of carbonyl (C=O) groups is 1. The fourth-order valence-electron chi connectivity index (χ4n) is 3.58. The molecule has 31 heavy (non-hydrogen) atoms. The van der Waals surface area contributed by atoms with Gasteiger partial charge in [0, 0.05) is 37.6 Å². The van der Waals surface area contributed by atoms with E-state index in [-0.39, 0.29) is 23.5 Å². The third kappa shape index (κ3) is 4.87. The van der Waals surface area contributed by atoms with Gasteiger partial charge in [-0.15, -0.1) is 0 Å². The van der Waals surface area contributed by atoms with Gasteiger partial charge in [-0.05, 0) is 36.4 Å². The highest BCUT2D eigenvalue weighted by atomic mass is 32.2. The first-order valence-corrected chi connectivity index (χ1v) is 11.5. The molecule has 2 saturated heterocycles. The molecule has 0 aromatic heterocycles. The maximum absolute atomic E-state index is 14.4.